The van der Waals surface area contributed by atoms with Gasteiger partial charge in [0.15, 0.2) is 0 Å². The van der Waals surface area contributed by atoms with E-state index in [4.69, 9.17) is 0 Å². The maximum Gasteiger partial charge on any atom is 0.147 e. The predicted molar refractivity (Wildman–Crippen MR) is 122 cm³/mol. The van der Waals surface area contributed by atoms with Crippen LogP contribution in [0.3, 0.4) is 0 Å². The number of nitrogens with zero attached hydrogens (tertiary/aromatic N) is 1. The molecule has 1 fully saturated rings. The minimum Gasteiger partial charge on any atom is -0.396 e. The standard InChI is InChI=1S/C20H28FN3O3S.C2H6/c1-14-5-6-17(16(21)11-14)22-19(15(2)13-26)18(12-24(3)4)23-28(27)20(7-8-20)9-10-25;1-2/h5-6,11-13,22-23,25H,7-10H2,1-4H3;1-2H3/b18-12+,19-15+;. The maximum absolute atomic E-state index is 14.4. The number of carbonyl (C=O) groups excluding carboxylic acids is 1. The number of hydrogen-bond donors (Lipinski definition) is 3. The summed E-state index contributed by atoms with van der Waals surface area (Å²) in [4.78, 5) is 13.2. The first kappa shape index (κ1) is 25.8. The Bertz CT molecular complexity index is 818. The van der Waals surface area contributed by atoms with E-state index in [-0.39, 0.29) is 12.3 Å². The smallest absolute Gasteiger partial charge is 0.147 e. The van der Waals surface area contributed by atoms with E-state index >= 15 is 0 Å². The topological polar surface area (TPSA) is 81.7 Å². The van der Waals surface area contributed by atoms with Crippen LogP contribution in [0.15, 0.2) is 41.4 Å². The van der Waals surface area contributed by atoms with Crippen molar-refractivity contribution in [3.05, 3.63) is 52.7 Å². The molecular weight excluding hydrogens is 405 g/mol. The van der Waals surface area contributed by atoms with Crippen molar-refractivity contribution in [3.63, 3.8) is 0 Å². The van der Waals surface area contributed by atoms with Crippen LogP contribution in [-0.2, 0) is 15.8 Å². The van der Waals surface area contributed by atoms with E-state index < -0.39 is 21.5 Å². The fraction of sp³-hybridized carbons (Fsp3) is 0.500. The number of hydrogen-bond acceptors (Lipinski definition) is 5. The quantitative estimate of drug-likeness (QED) is 0.295. The van der Waals surface area contributed by atoms with Crippen LogP contribution >= 0.6 is 0 Å². The summed E-state index contributed by atoms with van der Waals surface area (Å²) in [5.74, 6) is -0.444. The zero-order valence-corrected chi connectivity index (χ0v) is 19.5. The fourth-order valence-corrected chi connectivity index (χ4v) is 4.09. The fourth-order valence-electron chi connectivity index (χ4n) is 2.77. The molecule has 1 aliphatic carbocycles. The van der Waals surface area contributed by atoms with Gasteiger partial charge in [-0.25, -0.2) is 8.60 Å². The molecule has 1 atom stereocenters. The number of aliphatic hydroxyl groups is 1. The highest BCUT2D eigenvalue weighted by Gasteiger charge is 2.48. The van der Waals surface area contributed by atoms with Crippen molar-refractivity contribution in [2.24, 2.45) is 0 Å². The summed E-state index contributed by atoms with van der Waals surface area (Å²) < 4.78 is 29.8. The van der Waals surface area contributed by atoms with Crippen molar-refractivity contribution in [1.29, 1.82) is 0 Å². The van der Waals surface area contributed by atoms with Gasteiger partial charge in [-0.15, -0.1) is 0 Å². The second kappa shape index (κ2) is 11.9. The van der Waals surface area contributed by atoms with E-state index in [0.29, 0.717) is 29.7 Å². The van der Waals surface area contributed by atoms with Crippen LogP contribution in [0.2, 0.25) is 0 Å². The minimum absolute atomic E-state index is 0.0387. The average molecular weight is 440 g/mol. The molecule has 0 aromatic heterocycles. The van der Waals surface area contributed by atoms with E-state index in [9.17, 15) is 18.5 Å². The van der Waals surface area contributed by atoms with Crippen molar-refractivity contribution >= 4 is 23.0 Å². The Hall–Kier alpha value is -2.19. The summed E-state index contributed by atoms with van der Waals surface area (Å²) in [5.41, 5.74) is 2.10. The Balaban J connectivity index is 0.00000218. The van der Waals surface area contributed by atoms with Gasteiger partial charge in [-0.1, -0.05) is 19.9 Å². The minimum atomic E-state index is -1.46. The lowest BCUT2D eigenvalue weighted by Crippen LogP contribution is -2.33. The molecule has 1 saturated carbocycles. The first-order valence-electron chi connectivity index (χ1n) is 10.1. The van der Waals surface area contributed by atoms with Crippen LogP contribution in [0.1, 0.15) is 45.6 Å². The molecule has 0 heterocycles. The van der Waals surface area contributed by atoms with E-state index in [0.717, 1.165) is 18.4 Å². The number of aldehydes is 1. The van der Waals surface area contributed by atoms with E-state index in [1.54, 1.807) is 51.2 Å². The van der Waals surface area contributed by atoms with E-state index in [1.165, 1.54) is 6.07 Å². The van der Waals surface area contributed by atoms with Crippen molar-refractivity contribution < 1.29 is 18.5 Å². The molecule has 1 unspecified atom stereocenters. The maximum atomic E-state index is 14.4. The van der Waals surface area contributed by atoms with Gasteiger partial charge in [-0.05, 0) is 50.8 Å². The van der Waals surface area contributed by atoms with Crippen molar-refractivity contribution in [2.45, 2.75) is 51.7 Å². The number of halogens is 1. The molecule has 0 radical (unpaired) electrons. The van der Waals surface area contributed by atoms with Crippen LogP contribution < -0.4 is 10.0 Å². The van der Waals surface area contributed by atoms with Crippen molar-refractivity contribution in [2.75, 3.05) is 26.0 Å². The van der Waals surface area contributed by atoms with E-state index in [1.807, 2.05) is 13.8 Å². The average Bonchev–Trinajstić information content (AvgIpc) is 3.49. The molecule has 0 saturated heterocycles. The van der Waals surface area contributed by atoms with Gasteiger partial charge < -0.3 is 20.0 Å². The van der Waals surface area contributed by atoms with Crippen LogP contribution in [0, 0.1) is 12.7 Å². The number of carbonyl (C=O) groups is 1. The van der Waals surface area contributed by atoms with Crippen LogP contribution in [0.25, 0.3) is 0 Å². The third kappa shape index (κ3) is 6.95. The molecule has 30 heavy (non-hydrogen) atoms. The Morgan fingerprint density at radius 3 is 2.43 bits per heavy atom. The molecule has 0 aliphatic heterocycles. The Kier molecular flexibility index (Phi) is 10.2. The summed E-state index contributed by atoms with van der Waals surface area (Å²) in [6.45, 7) is 7.36. The van der Waals surface area contributed by atoms with Crippen molar-refractivity contribution in [3.8, 4) is 0 Å². The molecule has 1 aromatic carbocycles. The Labute approximate surface area is 181 Å². The number of rotatable bonds is 10. The lowest BCUT2D eigenvalue weighted by atomic mass is 10.1. The van der Waals surface area contributed by atoms with Gasteiger partial charge in [0.2, 0.25) is 0 Å². The number of nitrogens with one attached hydrogen (secondary N) is 2. The molecule has 2 rings (SSSR count). The highest BCUT2D eigenvalue weighted by molar-refractivity contribution is 7.85. The zero-order valence-electron chi connectivity index (χ0n) is 18.7. The van der Waals surface area contributed by atoms with Gasteiger partial charge in [-0.3, -0.25) is 4.79 Å². The predicted octanol–water partition coefficient (Wildman–Crippen LogP) is 3.62. The second-order valence-electron chi connectivity index (χ2n) is 7.32. The monoisotopic (exact) mass is 439 g/mol. The van der Waals surface area contributed by atoms with Gasteiger partial charge in [0, 0.05) is 32.5 Å². The van der Waals surface area contributed by atoms with E-state index in [2.05, 4.69) is 10.0 Å². The lowest BCUT2D eigenvalue weighted by molar-refractivity contribution is -0.104. The van der Waals surface area contributed by atoms with Crippen LogP contribution in [0.5, 0.6) is 0 Å². The van der Waals surface area contributed by atoms with Gasteiger partial charge in [0.1, 0.15) is 23.1 Å². The number of aryl methyl sites for hydroxylation is 1. The molecule has 1 aromatic rings. The summed E-state index contributed by atoms with van der Waals surface area (Å²) in [7, 11) is 2.13. The Morgan fingerprint density at radius 1 is 1.33 bits per heavy atom. The molecule has 0 bridgehead atoms. The number of anilines is 1. The normalized spacial score (nSPS) is 16.5. The molecular formula is C22H34FN3O3S. The Morgan fingerprint density at radius 2 is 1.97 bits per heavy atom. The van der Waals surface area contributed by atoms with Crippen molar-refractivity contribution in [1.82, 2.24) is 9.62 Å². The van der Waals surface area contributed by atoms with Gasteiger partial charge in [0.25, 0.3) is 0 Å². The van der Waals surface area contributed by atoms with Crippen LogP contribution in [0.4, 0.5) is 10.1 Å². The number of allylic oxidation sites excluding steroid dienone is 1. The molecule has 6 nitrogen and oxygen atoms in total. The highest BCUT2D eigenvalue weighted by atomic mass is 32.2. The third-order valence-corrected chi connectivity index (χ3v) is 6.39. The van der Waals surface area contributed by atoms with Gasteiger partial charge >= 0.3 is 0 Å². The van der Waals surface area contributed by atoms with Crippen LogP contribution in [-0.4, -0.2) is 46.0 Å². The molecule has 3 N–H and O–H groups in total. The molecule has 0 spiro atoms. The second-order valence-corrected chi connectivity index (χ2v) is 8.93. The largest absolute Gasteiger partial charge is 0.396 e. The number of benzene rings is 1. The molecule has 8 heteroatoms. The zero-order chi connectivity index (χ0) is 22.9. The lowest BCUT2D eigenvalue weighted by Gasteiger charge is -2.22. The highest BCUT2D eigenvalue weighted by Crippen LogP contribution is 2.44. The SMILES string of the molecule is C/C(C=O)=C(Nc1ccc(C)cc1F)/C(=C\N(C)C)NS(=O)C1(CCO)CC1.CC. The molecule has 0 amide bonds. The first-order chi connectivity index (χ1) is 14.2. The third-order valence-electron chi connectivity index (χ3n) is 4.58. The van der Waals surface area contributed by atoms with Gasteiger partial charge in [0.05, 0.1) is 21.8 Å². The molecule has 168 valence electrons. The summed E-state index contributed by atoms with van der Waals surface area (Å²) >= 11 is 0. The first-order valence-corrected chi connectivity index (χ1v) is 11.2. The summed E-state index contributed by atoms with van der Waals surface area (Å²) in [6, 6.07) is 4.76. The molecule has 1 aliphatic rings. The number of aliphatic hydroxyl groups excluding tert-OH is 1. The van der Waals surface area contributed by atoms with Gasteiger partial charge in [-0.2, -0.15) is 0 Å². The summed E-state index contributed by atoms with van der Waals surface area (Å²) in [6.07, 6.45) is 4.31. The summed E-state index contributed by atoms with van der Waals surface area (Å²) in [5, 5.41) is 12.2.